The van der Waals surface area contributed by atoms with E-state index < -0.39 is 5.60 Å². The van der Waals surface area contributed by atoms with Crippen molar-refractivity contribution in [3.05, 3.63) is 53.7 Å². The number of aromatic nitrogens is 2. The molecule has 0 radical (unpaired) electrons. The van der Waals surface area contributed by atoms with E-state index in [0.29, 0.717) is 36.7 Å². The highest BCUT2D eigenvalue weighted by molar-refractivity contribution is 6.00. The van der Waals surface area contributed by atoms with Crippen molar-refractivity contribution in [1.29, 1.82) is 0 Å². The lowest BCUT2D eigenvalue weighted by Crippen LogP contribution is -2.40. The number of rotatable bonds is 6. The van der Waals surface area contributed by atoms with Crippen molar-refractivity contribution in [2.75, 3.05) is 25.7 Å². The van der Waals surface area contributed by atoms with Gasteiger partial charge in [0.2, 0.25) is 0 Å². The summed E-state index contributed by atoms with van der Waals surface area (Å²) in [7, 11) is 3.33. The van der Waals surface area contributed by atoms with Gasteiger partial charge >= 0.3 is 6.09 Å². The molecule has 1 aromatic heterocycles. The van der Waals surface area contributed by atoms with E-state index in [0.717, 1.165) is 33.2 Å². The first-order chi connectivity index (χ1) is 17.5. The monoisotopic (exact) mass is 506 g/mol. The summed E-state index contributed by atoms with van der Waals surface area (Å²) in [6.07, 6.45) is 4.15. The Morgan fingerprint density at radius 3 is 2.65 bits per heavy atom. The van der Waals surface area contributed by atoms with Crippen molar-refractivity contribution in [3.8, 4) is 11.1 Å². The summed E-state index contributed by atoms with van der Waals surface area (Å²) in [5.74, 6) is 0.379. The van der Waals surface area contributed by atoms with Crippen molar-refractivity contribution in [2.24, 2.45) is 17.8 Å². The van der Waals surface area contributed by atoms with E-state index in [1.165, 1.54) is 7.11 Å². The SMILES string of the molecule is COONc1cc(-c2cc(C)c3nn(C)cc3c2)ccc1N=C(N)C1=CCN(C(=O)OC(C)(C)C)CC1. The van der Waals surface area contributed by atoms with Gasteiger partial charge in [0.05, 0.1) is 24.0 Å². The van der Waals surface area contributed by atoms with E-state index >= 15 is 0 Å². The van der Waals surface area contributed by atoms with Gasteiger partial charge in [-0.25, -0.2) is 20.2 Å². The van der Waals surface area contributed by atoms with Crippen LogP contribution in [0.4, 0.5) is 16.2 Å². The van der Waals surface area contributed by atoms with Gasteiger partial charge < -0.3 is 15.4 Å². The minimum absolute atomic E-state index is 0.336. The number of nitrogens with zero attached hydrogens (tertiary/aromatic N) is 4. The van der Waals surface area contributed by atoms with E-state index in [1.807, 2.05) is 69.9 Å². The number of hydrogen-bond donors (Lipinski definition) is 2. The van der Waals surface area contributed by atoms with Gasteiger partial charge in [-0.3, -0.25) is 4.68 Å². The number of nitrogens with two attached hydrogens (primary N) is 1. The van der Waals surface area contributed by atoms with E-state index in [1.54, 1.807) is 4.90 Å². The molecule has 0 saturated heterocycles. The molecule has 2 heterocycles. The summed E-state index contributed by atoms with van der Waals surface area (Å²) >= 11 is 0. The number of anilines is 1. The molecule has 10 nitrogen and oxygen atoms in total. The normalized spacial score (nSPS) is 14.6. The van der Waals surface area contributed by atoms with Crippen LogP contribution in [-0.2, 0) is 21.7 Å². The van der Waals surface area contributed by atoms with E-state index in [2.05, 4.69) is 27.7 Å². The Bertz CT molecular complexity index is 1370. The molecular weight excluding hydrogens is 472 g/mol. The maximum absolute atomic E-state index is 12.3. The van der Waals surface area contributed by atoms with E-state index in [9.17, 15) is 4.79 Å². The van der Waals surface area contributed by atoms with E-state index in [-0.39, 0.29) is 6.09 Å². The van der Waals surface area contributed by atoms with Gasteiger partial charge in [0.1, 0.15) is 11.4 Å². The maximum atomic E-state index is 12.3. The van der Waals surface area contributed by atoms with Crippen LogP contribution in [-0.4, -0.2) is 52.4 Å². The van der Waals surface area contributed by atoms with Crippen LogP contribution in [0.2, 0.25) is 0 Å². The number of hydrogen-bond acceptors (Lipinski definition) is 7. The minimum atomic E-state index is -0.538. The molecule has 4 rings (SSSR count). The van der Waals surface area contributed by atoms with Crippen LogP contribution < -0.4 is 11.2 Å². The number of nitrogens with one attached hydrogen (secondary N) is 1. The highest BCUT2D eigenvalue weighted by atomic mass is 17.3. The Morgan fingerprint density at radius 1 is 1.19 bits per heavy atom. The second kappa shape index (κ2) is 10.6. The largest absolute Gasteiger partial charge is 0.444 e. The summed E-state index contributed by atoms with van der Waals surface area (Å²) in [5.41, 5.74) is 14.8. The van der Waals surface area contributed by atoms with Gasteiger partial charge in [-0.2, -0.15) is 5.10 Å². The first-order valence-corrected chi connectivity index (χ1v) is 12.1. The third kappa shape index (κ3) is 6.28. The molecule has 196 valence electrons. The number of carbonyl (C=O) groups is 1. The number of benzene rings is 2. The predicted molar refractivity (Wildman–Crippen MR) is 144 cm³/mol. The molecule has 0 bridgehead atoms. The summed E-state index contributed by atoms with van der Waals surface area (Å²) in [4.78, 5) is 28.4. The van der Waals surface area contributed by atoms with Gasteiger partial charge in [0.25, 0.3) is 0 Å². The molecule has 3 aromatic rings. The van der Waals surface area contributed by atoms with Crippen molar-refractivity contribution < 1.29 is 19.4 Å². The number of carbonyl (C=O) groups excluding carboxylic acids is 1. The highest BCUT2D eigenvalue weighted by Crippen LogP contribution is 2.34. The fraction of sp³-hybridized carbons (Fsp3) is 0.370. The molecule has 0 saturated carbocycles. The zero-order valence-corrected chi connectivity index (χ0v) is 22.2. The molecule has 10 heteroatoms. The number of amides is 1. The van der Waals surface area contributed by atoms with Crippen LogP contribution in [0.15, 0.2) is 53.2 Å². The van der Waals surface area contributed by atoms with Crippen LogP contribution in [0.1, 0.15) is 32.8 Å². The van der Waals surface area contributed by atoms with Crippen molar-refractivity contribution in [1.82, 2.24) is 14.7 Å². The van der Waals surface area contributed by atoms with Gasteiger partial charge in [-0.1, -0.05) is 12.1 Å². The second-order valence-corrected chi connectivity index (χ2v) is 10.0. The smallest absolute Gasteiger partial charge is 0.410 e. The lowest BCUT2D eigenvalue weighted by Gasteiger charge is -2.29. The molecule has 0 atom stereocenters. The van der Waals surface area contributed by atoms with Gasteiger partial charge in [-0.15, -0.1) is 4.99 Å². The van der Waals surface area contributed by atoms with Crippen LogP contribution in [0.3, 0.4) is 0 Å². The Balaban J connectivity index is 1.59. The zero-order valence-electron chi connectivity index (χ0n) is 22.2. The van der Waals surface area contributed by atoms with Crippen LogP contribution in [0, 0.1) is 6.92 Å². The molecule has 37 heavy (non-hydrogen) atoms. The zero-order chi connectivity index (χ0) is 26.7. The summed E-state index contributed by atoms with van der Waals surface area (Å²) in [6.45, 7) is 8.51. The predicted octanol–water partition coefficient (Wildman–Crippen LogP) is 5.01. The Kier molecular flexibility index (Phi) is 7.51. The fourth-order valence-electron chi connectivity index (χ4n) is 4.17. The molecule has 2 aromatic carbocycles. The fourth-order valence-corrected chi connectivity index (χ4v) is 4.17. The highest BCUT2D eigenvalue weighted by Gasteiger charge is 2.24. The molecule has 3 N–H and O–H groups in total. The summed E-state index contributed by atoms with van der Waals surface area (Å²) in [6, 6.07) is 10.0. The lowest BCUT2D eigenvalue weighted by molar-refractivity contribution is -0.248. The number of amidine groups is 1. The molecule has 0 unspecified atom stereocenters. The molecule has 0 spiro atoms. The average molecular weight is 507 g/mol. The second-order valence-electron chi connectivity index (χ2n) is 10.0. The third-order valence-electron chi connectivity index (χ3n) is 5.91. The molecule has 1 aliphatic rings. The van der Waals surface area contributed by atoms with E-state index in [4.69, 9.17) is 20.3 Å². The first-order valence-electron chi connectivity index (χ1n) is 12.1. The Labute approximate surface area is 216 Å². The molecule has 1 amide bonds. The topological polar surface area (TPSA) is 116 Å². The van der Waals surface area contributed by atoms with Gasteiger partial charge in [0, 0.05) is 31.7 Å². The average Bonchev–Trinajstić information content (AvgIpc) is 3.23. The maximum Gasteiger partial charge on any atom is 0.410 e. The van der Waals surface area contributed by atoms with Gasteiger partial charge in [0.15, 0.2) is 0 Å². The molecule has 1 aliphatic heterocycles. The number of ether oxygens (including phenoxy) is 1. The standard InChI is InChI=1S/C27H34N6O4/c1-17-13-20(14-21-16-32(5)30-24(17)21)19-7-8-22(23(15-19)31-37-35-6)29-25(28)18-9-11-33(12-10-18)26(34)36-27(2,3)4/h7-9,13-16,31H,10-12H2,1-6H3,(H2,28,29). The van der Waals surface area contributed by atoms with Crippen molar-refractivity contribution in [3.63, 3.8) is 0 Å². The Hall–Kier alpha value is -3.89. The summed E-state index contributed by atoms with van der Waals surface area (Å²) < 4.78 is 7.27. The summed E-state index contributed by atoms with van der Waals surface area (Å²) in [5, 5.41) is 5.59. The third-order valence-corrected chi connectivity index (χ3v) is 5.91. The van der Waals surface area contributed by atoms with Crippen LogP contribution in [0.5, 0.6) is 0 Å². The molecular formula is C27H34N6O4. The van der Waals surface area contributed by atoms with Crippen molar-refractivity contribution >= 4 is 34.2 Å². The quantitative estimate of drug-likeness (QED) is 0.209. The lowest BCUT2D eigenvalue weighted by atomic mass is 10.00. The first kappa shape index (κ1) is 26.2. The van der Waals surface area contributed by atoms with Crippen LogP contribution >= 0.6 is 0 Å². The minimum Gasteiger partial charge on any atom is -0.444 e. The number of aliphatic imine (C=N–C) groups is 1. The molecule has 0 aliphatic carbocycles. The van der Waals surface area contributed by atoms with Crippen LogP contribution in [0.25, 0.3) is 22.0 Å². The molecule has 0 fully saturated rings. The number of aryl methyl sites for hydroxylation is 2. The Morgan fingerprint density at radius 2 is 1.97 bits per heavy atom. The van der Waals surface area contributed by atoms with Crippen molar-refractivity contribution in [2.45, 2.75) is 39.7 Å². The number of fused-ring (bicyclic) bond motifs is 1. The van der Waals surface area contributed by atoms with Gasteiger partial charge in [-0.05, 0) is 80.6 Å².